The Morgan fingerprint density at radius 3 is 1.22 bits per heavy atom. The molecular weight excluding hydrogens is 150 g/mol. The van der Waals surface area contributed by atoms with Gasteiger partial charge in [0.25, 0.3) is 0 Å². The van der Waals surface area contributed by atoms with Crippen LogP contribution in [0.2, 0.25) is 0 Å². The van der Waals surface area contributed by atoms with Crippen molar-refractivity contribution in [2.24, 2.45) is 0 Å². The van der Waals surface area contributed by atoms with Gasteiger partial charge in [0.2, 0.25) is 0 Å². The van der Waals surface area contributed by atoms with Gasteiger partial charge in [0.05, 0.1) is 0 Å². The first-order valence-electron chi connectivity index (χ1n) is 1.11. The van der Waals surface area contributed by atoms with Crippen molar-refractivity contribution in [3.05, 3.63) is 0 Å². The molecule has 0 bridgehead atoms. The van der Waals surface area contributed by atoms with Crippen molar-refractivity contribution in [1.29, 1.82) is 0 Å². The summed E-state index contributed by atoms with van der Waals surface area (Å²) in [7, 11) is -3.92. The third-order valence-corrected chi connectivity index (χ3v) is 0. The van der Waals surface area contributed by atoms with E-state index in [1.165, 1.54) is 0 Å². The molecule has 0 rings (SSSR count). The van der Waals surface area contributed by atoms with Crippen LogP contribution in [0.1, 0.15) is 0 Å². The van der Waals surface area contributed by atoms with Gasteiger partial charge in [0.15, 0.2) is 0 Å². The van der Waals surface area contributed by atoms with E-state index in [2.05, 4.69) is 0 Å². The molecule has 5 nitrogen and oxygen atoms in total. The van der Waals surface area contributed by atoms with Gasteiger partial charge in [-0.1, -0.05) is 0 Å². The molecular formula is CH6FLiO5S. The predicted octanol–water partition coefficient (Wildman–Crippen LogP) is -4.52. The van der Waals surface area contributed by atoms with Crippen LogP contribution >= 0.6 is 0 Å². The first-order chi connectivity index (χ1) is 3.00. The Balaban J connectivity index is -0.0000000286. The van der Waals surface area contributed by atoms with Gasteiger partial charge in [-0.15, -0.1) is 0 Å². The van der Waals surface area contributed by atoms with Crippen LogP contribution in [-0.2, 0) is 10.4 Å². The van der Waals surface area contributed by atoms with Crippen molar-refractivity contribution in [3.63, 3.8) is 0 Å². The minimum Gasteiger partial charge on any atom is -0.857 e. The molecule has 54 valence electrons. The second-order valence-corrected chi connectivity index (χ2v) is 1.34. The molecule has 0 saturated carbocycles. The number of hydrogen-bond acceptors (Lipinski definition) is 3. The van der Waals surface area contributed by atoms with E-state index in [0.29, 0.717) is 0 Å². The van der Waals surface area contributed by atoms with E-state index in [4.69, 9.17) is 22.6 Å². The molecule has 0 amide bonds. The quantitative estimate of drug-likeness (QED) is 0.272. The molecule has 0 unspecified atom stereocenters. The summed E-state index contributed by atoms with van der Waals surface area (Å²) in [6.45, 7) is 0. The summed E-state index contributed by atoms with van der Waals surface area (Å²) in [5.41, 5.74) is 0. The number of halogens is 1. The second-order valence-electron chi connectivity index (χ2n) is 0.448. The molecule has 0 aromatic rings. The standard InChI is InChI=1S/CH3O.FH.Li.H2O4S/c1-2;;;1-5(2,3)4/h1H3;1H;;(H2,1,2,3,4)/q-1;;+1;. The Bertz CT molecular complexity index is 100. The summed E-state index contributed by atoms with van der Waals surface area (Å²) in [6.07, 6.45) is 0. The molecule has 0 aliphatic carbocycles. The molecule has 0 atom stereocenters. The maximum Gasteiger partial charge on any atom is 1.00 e. The van der Waals surface area contributed by atoms with E-state index < -0.39 is 10.4 Å². The SMILES string of the molecule is C[O-].F.O=S(=O)(O)O.[Li+]. The van der Waals surface area contributed by atoms with Crippen molar-refractivity contribution in [3.8, 4) is 0 Å². The van der Waals surface area contributed by atoms with Gasteiger partial charge < -0.3 is 5.11 Å². The Labute approximate surface area is 64.2 Å². The Hall–Kier alpha value is 0.357. The first kappa shape index (κ1) is 22.8. The van der Waals surface area contributed by atoms with Gasteiger partial charge in [-0.3, -0.25) is 13.8 Å². The maximum absolute atomic E-state index is 8.74. The molecule has 0 radical (unpaired) electrons. The van der Waals surface area contributed by atoms with Gasteiger partial charge in [0, 0.05) is 0 Å². The van der Waals surface area contributed by atoms with Gasteiger partial charge in [-0.2, -0.15) is 15.5 Å². The van der Waals surface area contributed by atoms with Crippen LogP contribution in [0.15, 0.2) is 0 Å². The topological polar surface area (TPSA) is 97.7 Å². The van der Waals surface area contributed by atoms with Crippen LogP contribution < -0.4 is 24.0 Å². The van der Waals surface area contributed by atoms with E-state index >= 15 is 0 Å². The predicted molar refractivity (Wildman–Crippen MR) is 22.6 cm³/mol. The molecule has 0 aromatic carbocycles. The molecule has 0 aliphatic heterocycles. The summed E-state index contributed by atoms with van der Waals surface area (Å²) in [5, 5.41) is 8.25. The van der Waals surface area contributed by atoms with Crippen LogP contribution in [-0.4, -0.2) is 24.6 Å². The monoisotopic (exact) mass is 156 g/mol. The third-order valence-electron chi connectivity index (χ3n) is 0. The van der Waals surface area contributed by atoms with Crippen molar-refractivity contribution in [1.82, 2.24) is 0 Å². The van der Waals surface area contributed by atoms with Gasteiger partial charge in [-0.05, 0) is 0 Å². The van der Waals surface area contributed by atoms with E-state index in [1.807, 2.05) is 0 Å². The Kier molecular flexibility index (Phi) is 28.3. The van der Waals surface area contributed by atoms with Crippen LogP contribution in [0.5, 0.6) is 0 Å². The van der Waals surface area contributed by atoms with Crippen molar-refractivity contribution < 1.29 is 46.2 Å². The maximum atomic E-state index is 8.74. The van der Waals surface area contributed by atoms with Crippen molar-refractivity contribution in [2.75, 3.05) is 7.11 Å². The third kappa shape index (κ3) is 2640. The molecule has 9 heavy (non-hydrogen) atoms. The number of hydrogen-bond donors (Lipinski definition) is 2. The summed E-state index contributed by atoms with van der Waals surface area (Å²) >= 11 is 0. The Morgan fingerprint density at radius 1 is 1.22 bits per heavy atom. The normalized spacial score (nSPS) is 7.11. The molecule has 0 aliphatic rings. The summed E-state index contributed by atoms with van der Waals surface area (Å²) < 4.78 is 31.6. The van der Waals surface area contributed by atoms with Crippen LogP contribution in [0.3, 0.4) is 0 Å². The molecule has 8 heteroatoms. The second kappa shape index (κ2) is 11.2. The summed E-state index contributed by atoms with van der Waals surface area (Å²) in [4.78, 5) is 0. The first-order valence-corrected chi connectivity index (χ1v) is 2.50. The molecule has 0 fully saturated rings. The fraction of sp³-hybridized carbons (Fsp3) is 1.00. The van der Waals surface area contributed by atoms with Crippen LogP contribution in [0, 0.1) is 0 Å². The molecule has 0 heterocycles. The van der Waals surface area contributed by atoms with Crippen molar-refractivity contribution >= 4 is 10.4 Å². The molecule has 0 spiro atoms. The van der Waals surface area contributed by atoms with Gasteiger partial charge in [-0.25, -0.2) is 0 Å². The Morgan fingerprint density at radius 2 is 1.22 bits per heavy atom. The largest absolute Gasteiger partial charge is 1.00 e. The van der Waals surface area contributed by atoms with E-state index in [-0.39, 0.29) is 23.6 Å². The minimum absolute atomic E-state index is 0. The average Bonchev–Trinajstić information content (AvgIpc) is 1.36. The van der Waals surface area contributed by atoms with E-state index in [1.54, 1.807) is 0 Å². The average molecular weight is 156 g/mol. The number of rotatable bonds is 0. The fourth-order valence-electron chi connectivity index (χ4n) is 0. The molecule has 2 N–H and O–H groups in total. The van der Waals surface area contributed by atoms with E-state index in [9.17, 15) is 0 Å². The van der Waals surface area contributed by atoms with Crippen LogP contribution in [0.25, 0.3) is 0 Å². The molecule has 0 aromatic heterocycles. The van der Waals surface area contributed by atoms with Gasteiger partial charge >= 0.3 is 29.3 Å². The molecule has 0 saturated heterocycles. The van der Waals surface area contributed by atoms with Crippen molar-refractivity contribution in [2.45, 2.75) is 0 Å². The smallest absolute Gasteiger partial charge is 0.857 e. The zero-order chi connectivity index (χ0) is 6.50. The van der Waals surface area contributed by atoms with Gasteiger partial charge in [0.1, 0.15) is 0 Å². The minimum atomic E-state index is -4.67. The fourth-order valence-corrected chi connectivity index (χ4v) is 0. The van der Waals surface area contributed by atoms with Crippen LogP contribution in [0.4, 0.5) is 4.70 Å². The van der Waals surface area contributed by atoms with E-state index in [0.717, 1.165) is 7.11 Å². The summed E-state index contributed by atoms with van der Waals surface area (Å²) in [5.74, 6) is 0. The zero-order valence-corrected chi connectivity index (χ0v) is 5.75. The zero-order valence-electron chi connectivity index (χ0n) is 4.94. The summed E-state index contributed by atoms with van der Waals surface area (Å²) in [6, 6.07) is 0.